The lowest BCUT2D eigenvalue weighted by molar-refractivity contribution is -0.151. The van der Waals surface area contributed by atoms with E-state index in [0.29, 0.717) is 40.9 Å². The number of nitrogens with zero attached hydrogens (tertiary/aromatic N) is 1. The van der Waals surface area contributed by atoms with Gasteiger partial charge in [-0.3, -0.25) is 0 Å². The third-order valence-electron chi connectivity index (χ3n) is 8.49. The van der Waals surface area contributed by atoms with Crippen molar-refractivity contribution in [1.82, 2.24) is 4.98 Å². The Morgan fingerprint density at radius 3 is 2.24 bits per heavy atom. The zero-order valence-electron chi connectivity index (χ0n) is 22.7. The van der Waals surface area contributed by atoms with Crippen molar-refractivity contribution in [3.63, 3.8) is 0 Å². The molecule has 2 fully saturated rings. The van der Waals surface area contributed by atoms with Gasteiger partial charge >= 0.3 is 5.97 Å². The number of carbonyl (C=O) groups is 1. The zero-order valence-corrected chi connectivity index (χ0v) is 23.5. The molecule has 2 saturated carbocycles. The summed E-state index contributed by atoms with van der Waals surface area (Å²) < 4.78 is 45.6. The van der Waals surface area contributed by atoms with Crippen LogP contribution >= 0.6 is 11.6 Å². The molecule has 7 nitrogen and oxygen atoms in total. The van der Waals surface area contributed by atoms with E-state index in [1.807, 2.05) is 24.3 Å². The largest absolute Gasteiger partial charge is 0.477 e. The Balaban J connectivity index is 1.29. The number of fused-ring (bicyclic) bond motifs is 1. The highest BCUT2D eigenvalue weighted by atomic mass is 35.5. The van der Waals surface area contributed by atoms with E-state index in [9.17, 15) is 13.6 Å². The van der Waals surface area contributed by atoms with Gasteiger partial charge in [-0.05, 0) is 42.5 Å². The van der Waals surface area contributed by atoms with Crippen molar-refractivity contribution in [2.45, 2.75) is 56.2 Å². The first-order valence-corrected chi connectivity index (χ1v) is 14.4. The summed E-state index contributed by atoms with van der Waals surface area (Å²) in [5, 5.41) is 7.63. The van der Waals surface area contributed by atoms with E-state index < -0.39 is 28.9 Å². The molecule has 1 atom stereocenters. The van der Waals surface area contributed by atoms with Gasteiger partial charge in [0.2, 0.25) is 11.5 Å². The summed E-state index contributed by atoms with van der Waals surface area (Å²) >= 11 is 6.24. The van der Waals surface area contributed by atoms with Crippen molar-refractivity contribution >= 4 is 28.9 Å². The SMILES string of the molecule is COC(=O)C1(Oc2ccc(OCC(C3CCCCC3)C3(c4ccc(Cl)cc4)Nc4cc(F)c(F)cc4N3)nc2)CC1. The lowest BCUT2D eigenvalue weighted by atomic mass is 9.72. The molecule has 0 bridgehead atoms. The topological polar surface area (TPSA) is 81.7 Å². The van der Waals surface area contributed by atoms with Crippen LogP contribution < -0.4 is 20.1 Å². The van der Waals surface area contributed by atoms with E-state index in [1.165, 1.54) is 31.9 Å². The number of aromatic nitrogens is 1. The smallest absolute Gasteiger partial charge is 0.350 e. The summed E-state index contributed by atoms with van der Waals surface area (Å²) in [4.78, 5) is 16.5. The summed E-state index contributed by atoms with van der Waals surface area (Å²) in [5.74, 6) is -1.24. The second kappa shape index (κ2) is 11.0. The Morgan fingerprint density at radius 2 is 1.68 bits per heavy atom. The molecule has 6 rings (SSSR count). The van der Waals surface area contributed by atoms with Crippen LogP contribution in [0.4, 0.5) is 20.2 Å². The van der Waals surface area contributed by atoms with Crippen molar-refractivity contribution < 1.29 is 27.8 Å². The first kappa shape index (κ1) is 27.6. The molecular weight excluding hydrogens is 552 g/mol. The Labute approximate surface area is 242 Å². The third-order valence-corrected chi connectivity index (χ3v) is 8.75. The van der Waals surface area contributed by atoms with E-state index in [1.54, 1.807) is 12.1 Å². The number of benzene rings is 2. The Kier molecular flexibility index (Phi) is 7.40. The molecule has 0 spiro atoms. The molecule has 3 aliphatic rings. The second-order valence-corrected chi connectivity index (χ2v) is 11.5. The molecule has 216 valence electrons. The number of rotatable bonds is 9. The molecule has 3 aromatic rings. The average molecular weight is 584 g/mol. The van der Waals surface area contributed by atoms with Gasteiger partial charge in [0.25, 0.3) is 0 Å². The highest BCUT2D eigenvalue weighted by Gasteiger charge is 2.54. The number of pyridine rings is 1. The van der Waals surface area contributed by atoms with Crippen LogP contribution in [0.3, 0.4) is 0 Å². The second-order valence-electron chi connectivity index (χ2n) is 11.1. The third kappa shape index (κ3) is 5.39. The molecule has 1 aromatic heterocycles. The number of carbonyl (C=O) groups excluding carboxylic acids is 1. The maximum Gasteiger partial charge on any atom is 0.350 e. The zero-order chi connectivity index (χ0) is 28.6. The molecule has 1 aliphatic heterocycles. The molecule has 2 heterocycles. The first-order chi connectivity index (χ1) is 19.8. The molecule has 2 aromatic carbocycles. The molecule has 0 radical (unpaired) electrons. The van der Waals surface area contributed by atoms with Crippen LogP contribution in [0.5, 0.6) is 11.6 Å². The summed E-state index contributed by atoms with van der Waals surface area (Å²) in [6.07, 6.45) is 8.11. The van der Waals surface area contributed by atoms with Gasteiger partial charge in [0, 0.05) is 42.0 Å². The Hall–Kier alpha value is -3.59. The minimum absolute atomic E-state index is 0.144. The Bertz CT molecular complexity index is 1380. The number of esters is 1. The van der Waals surface area contributed by atoms with Gasteiger partial charge in [0.1, 0.15) is 11.4 Å². The highest BCUT2D eigenvalue weighted by molar-refractivity contribution is 6.30. The summed E-state index contributed by atoms with van der Waals surface area (Å²) in [5.41, 5.74) is 0.0193. The summed E-state index contributed by atoms with van der Waals surface area (Å²) in [7, 11) is 1.35. The standard InChI is InChI=1S/C31H32ClF2N3O4/c1-39-29(38)30(13-14-30)41-22-11-12-28(35-17-22)40-18-23(19-5-3-2-4-6-19)31(20-7-9-21(32)10-8-20)36-26-15-24(33)25(34)16-27(26)37-31/h7-12,15-17,19,23,36-37H,2-6,13-14,18H2,1H3. The molecule has 2 aliphatic carbocycles. The van der Waals surface area contributed by atoms with Gasteiger partial charge in [0.15, 0.2) is 11.6 Å². The molecular formula is C31H32ClF2N3O4. The van der Waals surface area contributed by atoms with E-state index in [0.717, 1.165) is 31.2 Å². The van der Waals surface area contributed by atoms with Crippen LogP contribution in [0.25, 0.3) is 0 Å². The van der Waals surface area contributed by atoms with Crippen molar-refractivity contribution in [3.8, 4) is 11.6 Å². The quantitative estimate of drug-likeness (QED) is 0.261. The lowest BCUT2D eigenvalue weighted by Crippen LogP contribution is -2.51. The van der Waals surface area contributed by atoms with Gasteiger partial charge in [0.05, 0.1) is 31.3 Å². The maximum absolute atomic E-state index is 14.3. The van der Waals surface area contributed by atoms with E-state index in [-0.39, 0.29) is 18.4 Å². The predicted molar refractivity (Wildman–Crippen MR) is 151 cm³/mol. The number of halogens is 3. The molecule has 10 heteroatoms. The van der Waals surface area contributed by atoms with E-state index in [4.69, 9.17) is 25.8 Å². The highest BCUT2D eigenvalue weighted by Crippen LogP contribution is 2.49. The number of methoxy groups -OCH3 is 1. The molecule has 0 amide bonds. The van der Waals surface area contributed by atoms with Gasteiger partial charge < -0.3 is 24.8 Å². The van der Waals surface area contributed by atoms with E-state index >= 15 is 0 Å². The predicted octanol–water partition coefficient (Wildman–Crippen LogP) is 7.06. The molecule has 41 heavy (non-hydrogen) atoms. The van der Waals surface area contributed by atoms with Crippen LogP contribution in [0.15, 0.2) is 54.7 Å². The molecule has 0 saturated heterocycles. The van der Waals surface area contributed by atoms with Crippen molar-refractivity contribution in [2.24, 2.45) is 11.8 Å². The monoisotopic (exact) mass is 583 g/mol. The lowest BCUT2D eigenvalue weighted by Gasteiger charge is -2.44. The number of hydrogen-bond donors (Lipinski definition) is 2. The van der Waals surface area contributed by atoms with Gasteiger partial charge in [-0.15, -0.1) is 0 Å². The summed E-state index contributed by atoms with van der Waals surface area (Å²) in [6.45, 7) is 0.283. The number of ether oxygens (including phenoxy) is 3. The van der Waals surface area contributed by atoms with Gasteiger partial charge in [-0.2, -0.15) is 0 Å². The minimum atomic E-state index is -0.927. The van der Waals surface area contributed by atoms with Crippen LogP contribution in [-0.2, 0) is 15.2 Å². The average Bonchev–Trinajstić information content (AvgIpc) is 3.68. The van der Waals surface area contributed by atoms with Gasteiger partial charge in [-0.1, -0.05) is 43.0 Å². The van der Waals surface area contributed by atoms with Crippen LogP contribution in [0.1, 0.15) is 50.5 Å². The van der Waals surface area contributed by atoms with Crippen LogP contribution in [-0.4, -0.2) is 30.3 Å². The number of hydrogen-bond acceptors (Lipinski definition) is 7. The molecule has 1 unspecified atom stereocenters. The maximum atomic E-state index is 14.3. The fourth-order valence-corrected chi connectivity index (χ4v) is 6.30. The fourth-order valence-electron chi connectivity index (χ4n) is 6.18. The minimum Gasteiger partial charge on any atom is -0.477 e. The van der Waals surface area contributed by atoms with Crippen LogP contribution in [0.2, 0.25) is 5.02 Å². The van der Waals surface area contributed by atoms with E-state index in [2.05, 4.69) is 15.6 Å². The number of nitrogens with one attached hydrogen (secondary N) is 2. The summed E-state index contributed by atoms with van der Waals surface area (Å²) in [6, 6.07) is 13.3. The Morgan fingerprint density at radius 1 is 1.02 bits per heavy atom. The van der Waals surface area contributed by atoms with Gasteiger partial charge in [-0.25, -0.2) is 18.6 Å². The van der Waals surface area contributed by atoms with Crippen molar-refractivity contribution in [1.29, 1.82) is 0 Å². The van der Waals surface area contributed by atoms with Crippen molar-refractivity contribution in [2.75, 3.05) is 24.4 Å². The van der Waals surface area contributed by atoms with Crippen molar-refractivity contribution in [3.05, 3.63) is 76.9 Å². The normalized spacial score (nSPS) is 19.3. The number of anilines is 2. The van der Waals surface area contributed by atoms with Crippen LogP contribution in [0, 0.1) is 23.5 Å². The fraction of sp³-hybridized carbons (Fsp3) is 0.419. The molecule has 2 N–H and O–H groups in total. The first-order valence-electron chi connectivity index (χ1n) is 14.0.